The zero-order valence-corrected chi connectivity index (χ0v) is 11.8. The lowest BCUT2D eigenvalue weighted by molar-refractivity contribution is 0.592. The second-order valence-electron chi connectivity index (χ2n) is 4.83. The normalized spacial score (nSPS) is 12.4. The first-order valence-corrected chi connectivity index (χ1v) is 7.02. The maximum absolute atomic E-state index is 11.4. The fourth-order valence-electron chi connectivity index (χ4n) is 1.95. The van der Waals surface area contributed by atoms with Crippen molar-refractivity contribution in [3.05, 3.63) is 22.2 Å². The van der Waals surface area contributed by atoms with Crippen molar-refractivity contribution in [1.29, 1.82) is 0 Å². The minimum Gasteiger partial charge on any atom is -0.367 e. The van der Waals surface area contributed by atoms with Crippen molar-refractivity contribution in [1.82, 2.24) is 9.97 Å². The number of anilines is 1. The Morgan fingerprint density at radius 3 is 2.78 bits per heavy atom. The Kier molecular flexibility index (Phi) is 6.47. The van der Waals surface area contributed by atoms with Crippen LogP contribution in [0.5, 0.6) is 0 Å². The van der Waals surface area contributed by atoms with Gasteiger partial charge in [0.05, 0.1) is 0 Å². The Labute approximate surface area is 109 Å². The molecule has 0 bridgehead atoms. The third kappa shape index (κ3) is 5.34. The first-order chi connectivity index (χ1) is 8.65. The van der Waals surface area contributed by atoms with Crippen LogP contribution >= 0.6 is 0 Å². The highest BCUT2D eigenvalue weighted by Crippen LogP contribution is 2.09. The molecule has 0 aliphatic rings. The third-order valence-corrected chi connectivity index (χ3v) is 3.01. The molecule has 1 heterocycles. The van der Waals surface area contributed by atoms with Crippen LogP contribution in [0.3, 0.4) is 0 Å². The van der Waals surface area contributed by atoms with Crippen molar-refractivity contribution in [2.45, 2.75) is 65.3 Å². The summed E-state index contributed by atoms with van der Waals surface area (Å²) in [6.07, 6.45) is 6.94. The molecule has 0 radical (unpaired) electrons. The van der Waals surface area contributed by atoms with Crippen LogP contribution in [0.4, 0.5) is 5.82 Å². The summed E-state index contributed by atoms with van der Waals surface area (Å²) < 4.78 is 0. The number of nitrogens with zero attached hydrogens (tertiary/aromatic N) is 1. The summed E-state index contributed by atoms with van der Waals surface area (Å²) in [5.41, 5.74) is -0.0810. The van der Waals surface area contributed by atoms with Crippen molar-refractivity contribution < 1.29 is 0 Å². The summed E-state index contributed by atoms with van der Waals surface area (Å²) >= 11 is 0. The van der Waals surface area contributed by atoms with E-state index in [0.29, 0.717) is 11.9 Å². The number of unbranched alkanes of at least 4 members (excludes halogenated alkanes) is 3. The van der Waals surface area contributed by atoms with E-state index in [9.17, 15) is 4.79 Å². The number of hydrogen-bond donors (Lipinski definition) is 2. The van der Waals surface area contributed by atoms with Gasteiger partial charge < -0.3 is 10.3 Å². The molecular formula is C14H25N3O. The van der Waals surface area contributed by atoms with E-state index in [1.807, 2.05) is 6.92 Å². The van der Waals surface area contributed by atoms with E-state index in [0.717, 1.165) is 18.7 Å². The number of H-pyrrole nitrogens is 1. The molecule has 18 heavy (non-hydrogen) atoms. The average molecular weight is 251 g/mol. The summed E-state index contributed by atoms with van der Waals surface area (Å²) in [7, 11) is 0. The maximum atomic E-state index is 11.4. The lowest BCUT2D eigenvalue weighted by Crippen LogP contribution is -2.19. The van der Waals surface area contributed by atoms with Crippen molar-refractivity contribution in [2.75, 3.05) is 5.32 Å². The monoisotopic (exact) mass is 251 g/mol. The minimum atomic E-state index is -0.0810. The van der Waals surface area contributed by atoms with Gasteiger partial charge in [-0.1, -0.05) is 39.5 Å². The molecule has 0 fully saturated rings. The van der Waals surface area contributed by atoms with Crippen LogP contribution in [-0.4, -0.2) is 16.0 Å². The molecule has 2 N–H and O–H groups in total. The Morgan fingerprint density at radius 1 is 1.33 bits per heavy atom. The largest absolute Gasteiger partial charge is 0.367 e. The van der Waals surface area contributed by atoms with Crippen LogP contribution in [-0.2, 0) is 6.42 Å². The van der Waals surface area contributed by atoms with E-state index in [4.69, 9.17) is 0 Å². The van der Waals surface area contributed by atoms with Crippen LogP contribution in [0.25, 0.3) is 0 Å². The molecule has 0 aromatic carbocycles. The van der Waals surface area contributed by atoms with E-state index in [2.05, 4.69) is 29.1 Å². The fourth-order valence-corrected chi connectivity index (χ4v) is 1.95. The molecule has 0 spiro atoms. The van der Waals surface area contributed by atoms with Gasteiger partial charge in [-0.25, -0.2) is 4.98 Å². The summed E-state index contributed by atoms with van der Waals surface area (Å²) in [4.78, 5) is 18.5. The molecule has 1 atom stereocenters. The fraction of sp³-hybridized carbons (Fsp3) is 0.714. The van der Waals surface area contributed by atoms with E-state index in [1.54, 1.807) is 0 Å². The predicted octanol–water partition coefficient (Wildman–Crippen LogP) is 3.10. The van der Waals surface area contributed by atoms with Crippen molar-refractivity contribution in [2.24, 2.45) is 0 Å². The first kappa shape index (κ1) is 14.7. The van der Waals surface area contributed by atoms with Crippen LogP contribution < -0.4 is 10.9 Å². The molecule has 102 valence electrons. The molecule has 0 saturated carbocycles. The highest BCUT2D eigenvalue weighted by Gasteiger charge is 2.04. The van der Waals surface area contributed by atoms with Gasteiger partial charge in [0.15, 0.2) is 0 Å². The van der Waals surface area contributed by atoms with Crippen LogP contribution in [0.2, 0.25) is 0 Å². The van der Waals surface area contributed by atoms with Gasteiger partial charge in [0, 0.05) is 18.5 Å². The van der Waals surface area contributed by atoms with Gasteiger partial charge in [0.1, 0.15) is 11.6 Å². The number of hydrogen-bond acceptors (Lipinski definition) is 3. The number of rotatable bonds is 8. The highest BCUT2D eigenvalue weighted by atomic mass is 16.1. The lowest BCUT2D eigenvalue weighted by atomic mass is 10.1. The highest BCUT2D eigenvalue weighted by molar-refractivity contribution is 5.33. The van der Waals surface area contributed by atoms with Crippen LogP contribution in [0, 0.1) is 0 Å². The van der Waals surface area contributed by atoms with E-state index in [-0.39, 0.29) is 5.56 Å². The lowest BCUT2D eigenvalue weighted by Gasteiger charge is -2.14. The summed E-state index contributed by atoms with van der Waals surface area (Å²) in [6.45, 7) is 6.34. The number of nitrogens with one attached hydrogen (secondary N) is 2. The number of aryl methyl sites for hydroxylation is 1. The number of aromatic nitrogens is 2. The smallest absolute Gasteiger partial charge is 0.252 e. The molecule has 4 nitrogen and oxygen atoms in total. The zero-order chi connectivity index (χ0) is 13.4. The second kappa shape index (κ2) is 7.90. The van der Waals surface area contributed by atoms with E-state index in [1.165, 1.54) is 31.7 Å². The average Bonchev–Trinajstić information content (AvgIpc) is 2.34. The topological polar surface area (TPSA) is 57.8 Å². The van der Waals surface area contributed by atoms with Gasteiger partial charge in [0.2, 0.25) is 0 Å². The molecule has 1 unspecified atom stereocenters. The summed E-state index contributed by atoms with van der Waals surface area (Å²) in [5.74, 6) is 1.43. The van der Waals surface area contributed by atoms with Gasteiger partial charge in [-0.3, -0.25) is 4.79 Å². The Balaban J connectivity index is 2.45. The van der Waals surface area contributed by atoms with Crippen molar-refractivity contribution in [3.63, 3.8) is 0 Å². The number of aromatic amines is 1. The quantitative estimate of drug-likeness (QED) is 0.698. The molecule has 4 heteroatoms. The molecule has 1 aromatic rings. The van der Waals surface area contributed by atoms with E-state index >= 15 is 0 Å². The van der Waals surface area contributed by atoms with Crippen LogP contribution in [0.1, 0.15) is 58.7 Å². The predicted molar refractivity (Wildman–Crippen MR) is 76.1 cm³/mol. The Morgan fingerprint density at radius 2 is 2.11 bits per heavy atom. The Bertz CT molecular complexity index is 400. The zero-order valence-electron chi connectivity index (χ0n) is 11.8. The Hall–Kier alpha value is -1.32. The van der Waals surface area contributed by atoms with Crippen molar-refractivity contribution in [3.8, 4) is 0 Å². The molecule has 0 saturated heterocycles. The summed E-state index contributed by atoms with van der Waals surface area (Å²) in [6, 6.07) is 1.89. The van der Waals surface area contributed by atoms with Gasteiger partial charge >= 0.3 is 0 Å². The van der Waals surface area contributed by atoms with E-state index < -0.39 is 0 Å². The van der Waals surface area contributed by atoms with Crippen molar-refractivity contribution >= 4 is 5.82 Å². The molecule has 0 amide bonds. The standard InChI is InChI=1S/C14H25N3O/c1-4-6-7-8-9-11(3)15-13-10-14(18)17-12(5-2)16-13/h10-11H,4-9H2,1-3H3,(H2,15,16,17,18). The molecular weight excluding hydrogens is 226 g/mol. The van der Waals surface area contributed by atoms with Gasteiger partial charge in [-0.2, -0.15) is 0 Å². The molecule has 0 aliphatic carbocycles. The van der Waals surface area contributed by atoms with Gasteiger partial charge in [0.25, 0.3) is 5.56 Å². The SMILES string of the molecule is CCCCCCC(C)Nc1cc(=O)[nH]c(CC)n1. The van der Waals surface area contributed by atoms with Gasteiger partial charge in [-0.15, -0.1) is 0 Å². The van der Waals surface area contributed by atoms with Crippen LogP contribution in [0.15, 0.2) is 10.9 Å². The molecule has 1 aromatic heterocycles. The molecule has 0 aliphatic heterocycles. The molecule has 1 rings (SSSR count). The third-order valence-electron chi connectivity index (χ3n) is 3.01. The van der Waals surface area contributed by atoms with Gasteiger partial charge in [-0.05, 0) is 13.3 Å². The maximum Gasteiger partial charge on any atom is 0.252 e. The summed E-state index contributed by atoms with van der Waals surface area (Å²) in [5, 5.41) is 3.30. The minimum absolute atomic E-state index is 0.0810. The first-order valence-electron chi connectivity index (χ1n) is 7.02. The second-order valence-corrected chi connectivity index (χ2v) is 4.83.